The number of phenols is 2. The van der Waals surface area contributed by atoms with Gasteiger partial charge in [0.15, 0.2) is 5.75 Å². The number of phenolic OH excluding ortho intramolecular Hbond substituents is 2. The average molecular weight is 518 g/mol. The first-order valence-electron chi connectivity index (χ1n) is 4.93. The average Bonchev–Trinajstić information content (AvgIpc) is 2.36. The van der Waals surface area contributed by atoms with E-state index in [0.29, 0.717) is 16.0 Å². The van der Waals surface area contributed by atoms with Crippen molar-refractivity contribution in [2.24, 2.45) is 0 Å². The van der Waals surface area contributed by atoms with Crippen molar-refractivity contribution in [2.45, 2.75) is 0 Å². The van der Waals surface area contributed by atoms with Gasteiger partial charge in [0.2, 0.25) is 0 Å². The Morgan fingerprint density at radius 3 is 2.16 bits per heavy atom. The summed E-state index contributed by atoms with van der Waals surface area (Å²) in [6.45, 7) is 0. The molecule has 0 aliphatic carbocycles. The van der Waals surface area contributed by atoms with E-state index in [1.807, 2.05) is 12.1 Å². The fourth-order valence-electron chi connectivity index (χ4n) is 1.34. The number of hydrogen-bond acceptors (Lipinski definition) is 3. The third-order valence-corrected chi connectivity index (χ3v) is 4.90. The minimum atomic E-state index is -0.122. The molecule has 0 atom stereocenters. The predicted octanol–water partition coefficient (Wildman–Crippen LogP) is 5.94. The highest BCUT2D eigenvalue weighted by atomic mass is 79.9. The van der Waals surface area contributed by atoms with Crippen LogP contribution in [0.5, 0.6) is 23.0 Å². The summed E-state index contributed by atoms with van der Waals surface area (Å²) in [6, 6.07) is 6.83. The van der Waals surface area contributed by atoms with E-state index in [-0.39, 0.29) is 16.0 Å². The maximum atomic E-state index is 9.81. The van der Waals surface area contributed by atoms with Crippen LogP contribution in [0.3, 0.4) is 0 Å². The van der Waals surface area contributed by atoms with Gasteiger partial charge in [-0.1, -0.05) is 15.9 Å². The Hall–Kier alpha value is -0.240. The molecule has 0 amide bonds. The Bertz CT molecular complexity index is 643. The van der Waals surface area contributed by atoms with Gasteiger partial charge in [0.1, 0.15) is 26.2 Å². The molecular formula is C12H6Br4O3. The van der Waals surface area contributed by atoms with Crippen molar-refractivity contribution in [3.8, 4) is 23.0 Å². The summed E-state index contributed by atoms with van der Waals surface area (Å²) in [5, 5.41) is 19.5. The van der Waals surface area contributed by atoms with Crippen LogP contribution >= 0.6 is 63.7 Å². The highest BCUT2D eigenvalue weighted by molar-refractivity contribution is 9.11. The number of aromatic hydroxyl groups is 2. The summed E-state index contributed by atoms with van der Waals surface area (Å²) in [5.74, 6) is 0.637. The van der Waals surface area contributed by atoms with Crippen molar-refractivity contribution in [1.29, 1.82) is 0 Å². The van der Waals surface area contributed by atoms with Crippen LogP contribution in [0.1, 0.15) is 0 Å². The minimum absolute atomic E-state index is 0.107. The van der Waals surface area contributed by atoms with E-state index in [4.69, 9.17) is 4.74 Å². The Morgan fingerprint density at radius 1 is 0.842 bits per heavy atom. The number of ether oxygens (including phenoxy) is 1. The smallest absolute Gasteiger partial charge is 0.151 e. The molecule has 0 saturated carbocycles. The van der Waals surface area contributed by atoms with Gasteiger partial charge in [-0.25, -0.2) is 0 Å². The molecule has 2 rings (SSSR count). The van der Waals surface area contributed by atoms with Crippen LogP contribution in [0.4, 0.5) is 0 Å². The summed E-state index contributed by atoms with van der Waals surface area (Å²) in [6.07, 6.45) is 0. The van der Waals surface area contributed by atoms with E-state index in [0.717, 1.165) is 8.95 Å². The number of hydrogen-bond donors (Lipinski definition) is 2. The fraction of sp³-hybridized carbons (Fsp3) is 0. The second kappa shape index (κ2) is 6.03. The highest BCUT2D eigenvalue weighted by Gasteiger charge is 2.16. The van der Waals surface area contributed by atoms with E-state index in [9.17, 15) is 10.2 Å². The lowest BCUT2D eigenvalue weighted by Gasteiger charge is -2.12. The summed E-state index contributed by atoms with van der Waals surface area (Å²) < 4.78 is 7.88. The van der Waals surface area contributed by atoms with Gasteiger partial charge in [0, 0.05) is 10.5 Å². The van der Waals surface area contributed by atoms with Crippen LogP contribution in [0.2, 0.25) is 0 Å². The minimum Gasteiger partial charge on any atom is -0.506 e. The van der Waals surface area contributed by atoms with Gasteiger partial charge < -0.3 is 14.9 Å². The number of benzene rings is 2. The quantitative estimate of drug-likeness (QED) is 0.518. The van der Waals surface area contributed by atoms with Crippen molar-refractivity contribution in [3.05, 3.63) is 42.2 Å². The second-order valence-corrected chi connectivity index (χ2v) is 6.90. The van der Waals surface area contributed by atoms with Crippen molar-refractivity contribution < 1.29 is 14.9 Å². The van der Waals surface area contributed by atoms with Crippen LogP contribution < -0.4 is 4.74 Å². The lowest BCUT2D eigenvalue weighted by atomic mass is 10.3. The third kappa shape index (κ3) is 3.26. The highest BCUT2D eigenvalue weighted by Crippen LogP contribution is 2.46. The first kappa shape index (κ1) is 15.2. The van der Waals surface area contributed by atoms with E-state index in [2.05, 4.69) is 63.7 Å². The second-order valence-electron chi connectivity index (χ2n) is 3.55. The van der Waals surface area contributed by atoms with E-state index < -0.39 is 0 Å². The Balaban J connectivity index is 2.44. The Kier molecular flexibility index (Phi) is 4.81. The van der Waals surface area contributed by atoms with Gasteiger partial charge in [-0.3, -0.25) is 0 Å². The van der Waals surface area contributed by atoms with Gasteiger partial charge in [-0.15, -0.1) is 0 Å². The molecule has 0 bridgehead atoms. The number of rotatable bonds is 2. The largest absolute Gasteiger partial charge is 0.506 e. The number of halogens is 4. The monoisotopic (exact) mass is 514 g/mol. The van der Waals surface area contributed by atoms with Crippen LogP contribution in [0.25, 0.3) is 0 Å². The van der Waals surface area contributed by atoms with Gasteiger partial charge in [-0.05, 0) is 66.0 Å². The van der Waals surface area contributed by atoms with Crippen LogP contribution in [0.15, 0.2) is 42.2 Å². The molecule has 0 aliphatic heterocycles. The normalized spacial score (nSPS) is 10.5. The molecule has 0 saturated heterocycles. The molecule has 19 heavy (non-hydrogen) atoms. The fourth-order valence-corrected chi connectivity index (χ4v) is 3.44. The molecule has 7 heteroatoms. The molecule has 2 aromatic carbocycles. The summed E-state index contributed by atoms with van der Waals surface area (Å²) in [4.78, 5) is 0. The van der Waals surface area contributed by atoms with Gasteiger partial charge in [-0.2, -0.15) is 0 Å². The molecule has 3 nitrogen and oxygen atoms in total. The molecule has 0 aromatic heterocycles. The summed E-state index contributed by atoms with van der Waals surface area (Å²) >= 11 is 13.0. The van der Waals surface area contributed by atoms with Crippen LogP contribution in [-0.2, 0) is 0 Å². The Morgan fingerprint density at radius 2 is 1.53 bits per heavy atom. The zero-order valence-corrected chi connectivity index (χ0v) is 15.5. The predicted molar refractivity (Wildman–Crippen MR) is 87.1 cm³/mol. The molecule has 100 valence electrons. The van der Waals surface area contributed by atoms with Gasteiger partial charge in [0.25, 0.3) is 0 Å². The zero-order valence-electron chi connectivity index (χ0n) is 9.12. The van der Waals surface area contributed by atoms with E-state index in [1.54, 1.807) is 6.07 Å². The van der Waals surface area contributed by atoms with Crippen molar-refractivity contribution in [3.63, 3.8) is 0 Å². The maximum Gasteiger partial charge on any atom is 0.151 e. The van der Waals surface area contributed by atoms with Crippen molar-refractivity contribution >= 4 is 63.7 Å². The zero-order chi connectivity index (χ0) is 14.2. The van der Waals surface area contributed by atoms with Crippen molar-refractivity contribution in [1.82, 2.24) is 0 Å². The van der Waals surface area contributed by atoms with E-state index in [1.165, 1.54) is 6.07 Å². The maximum absolute atomic E-state index is 9.81. The topological polar surface area (TPSA) is 49.7 Å². The molecule has 2 aromatic rings. The van der Waals surface area contributed by atoms with Crippen molar-refractivity contribution in [2.75, 3.05) is 0 Å². The molecule has 0 fully saturated rings. The van der Waals surface area contributed by atoms with Crippen LogP contribution in [-0.4, -0.2) is 10.2 Å². The molecule has 0 unspecified atom stereocenters. The standard InChI is InChI=1S/C12H6Br4O3/c13-5-1-2-8(6(14)3-5)19-9-4-7(17)10(15)12(18)11(9)16/h1-4,17-18H. The molecule has 0 radical (unpaired) electrons. The molecule has 0 aliphatic rings. The SMILES string of the molecule is Oc1cc(Oc2ccc(Br)cc2Br)c(Br)c(O)c1Br. The lowest BCUT2D eigenvalue weighted by molar-refractivity contribution is 0.422. The molecule has 0 spiro atoms. The van der Waals surface area contributed by atoms with Gasteiger partial charge in [0.05, 0.1) is 4.47 Å². The Labute approximate surface area is 143 Å². The van der Waals surface area contributed by atoms with Gasteiger partial charge >= 0.3 is 0 Å². The van der Waals surface area contributed by atoms with E-state index >= 15 is 0 Å². The first-order valence-corrected chi connectivity index (χ1v) is 8.10. The molecular weight excluding hydrogens is 512 g/mol. The van der Waals surface area contributed by atoms with Crippen LogP contribution in [0, 0.1) is 0 Å². The summed E-state index contributed by atoms with van der Waals surface area (Å²) in [5.41, 5.74) is 0. The first-order chi connectivity index (χ1) is 8.90. The summed E-state index contributed by atoms with van der Waals surface area (Å²) in [7, 11) is 0. The lowest BCUT2D eigenvalue weighted by Crippen LogP contribution is -1.88. The molecule has 2 N–H and O–H groups in total. The molecule has 0 heterocycles. The third-order valence-electron chi connectivity index (χ3n) is 2.24.